The fraction of sp³-hybridized carbons (Fsp3) is 0.647. The van der Waals surface area contributed by atoms with Gasteiger partial charge in [0.05, 0.1) is 17.8 Å². The van der Waals surface area contributed by atoms with Crippen LogP contribution in [0.25, 0.3) is 0 Å². The Morgan fingerprint density at radius 2 is 1.78 bits per heavy atom. The third-order valence-electron chi connectivity index (χ3n) is 4.63. The van der Waals surface area contributed by atoms with Crippen molar-refractivity contribution in [2.75, 3.05) is 26.2 Å². The largest absolute Gasteiger partial charge is 0.372 e. The fourth-order valence-electron chi connectivity index (χ4n) is 3.51. The number of hydrogen-bond donors (Lipinski definition) is 0. The van der Waals surface area contributed by atoms with Crippen molar-refractivity contribution in [1.29, 1.82) is 0 Å². The molecule has 0 radical (unpaired) electrons. The molecule has 0 spiro atoms. The first-order valence-corrected chi connectivity index (χ1v) is 9.24. The second kappa shape index (κ2) is 7.01. The van der Waals surface area contributed by atoms with Gasteiger partial charge in [0, 0.05) is 37.5 Å². The van der Waals surface area contributed by atoms with Gasteiger partial charge in [0.2, 0.25) is 5.91 Å². The zero-order valence-electron chi connectivity index (χ0n) is 13.7. The van der Waals surface area contributed by atoms with Gasteiger partial charge in [-0.1, -0.05) is 0 Å². The number of piperidine rings is 1. The van der Waals surface area contributed by atoms with Crippen LogP contribution in [0.3, 0.4) is 0 Å². The smallest absolute Gasteiger partial charge is 0.254 e. The van der Waals surface area contributed by atoms with E-state index in [4.69, 9.17) is 4.74 Å². The number of rotatable bonds is 2. The van der Waals surface area contributed by atoms with Crippen LogP contribution >= 0.6 is 11.3 Å². The van der Waals surface area contributed by atoms with Crippen molar-refractivity contribution in [1.82, 2.24) is 9.80 Å². The molecule has 2 fully saturated rings. The topological polar surface area (TPSA) is 49.9 Å². The molecule has 2 amide bonds. The Morgan fingerprint density at radius 1 is 1.13 bits per heavy atom. The molecule has 0 saturated carbocycles. The number of nitrogens with zero attached hydrogens (tertiary/aromatic N) is 2. The van der Waals surface area contributed by atoms with E-state index in [0.717, 1.165) is 18.4 Å². The second-order valence-corrected chi connectivity index (χ2v) is 7.36. The van der Waals surface area contributed by atoms with Gasteiger partial charge in [0.25, 0.3) is 5.91 Å². The molecule has 0 unspecified atom stereocenters. The summed E-state index contributed by atoms with van der Waals surface area (Å²) in [6, 6.07) is 1.86. The molecule has 2 aliphatic rings. The lowest BCUT2D eigenvalue weighted by Crippen LogP contribution is -2.51. The third kappa shape index (κ3) is 3.75. The Balaban J connectivity index is 1.54. The van der Waals surface area contributed by atoms with Crippen molar-refractivity contribution in [3.8, 4) is 0 Å². The molecular formula is C17H24N2O3S. The van der Waals surface area contributed by atoms with E-state index >= 15 is 0 Å². The summed E-state index contributed by atoms with van der Waals surface area (Å²) < 4.78 is 5.70. The summed E-state index contributed by atoms with van der Waals surface area (Å²) in [5.74, 6) is 0.361. The van der Waals surface area contributed by atoms with Crippen molar-refractivity contribution in [2.24, 2.45) is 5.92 Å². The average molecular weight is 336 g/mol. The molecule has 2 atom stereocenters. The van der Waals surface area contributed by atoms with E-state index in [0.29, 0.717) is 26.2 Å². The molecule has 0 N–H and O–H groups in total. The highest BCUT2D eigenvalue weighted by Crippen LogP contribution is 2.23. The summed E-state index contributed by atoms with van der Waals surface area (Å²) >= 11 is 1.54. The average Bonchev–Trinajstić information content (AvgIpc) is 3.07. The van der Waals surface area contributed by atoms with Gasteiger partial charge in [-0.25, -0.2) is 0 Å². The van der Waals surface area contributed by atoms with Crippen LogP contribution in [0.5, 0.6) is 0 Å². The number of ether oxygens (including phenoxy) is 1. The maximum absolute atomic E-state index is 12.7. The summed E-state index contributed by atoms with van der Waals surface area (Å²) in [6.07, 6.45) is 1.72. The van der Waals surface area contributed by atoms with Crippen molar-refractivity contribution < 1.29 is 14.3 Å². The molecule has 1 aromatic heterocycles. The van der Waals surface area contributed by atoms with Crippen LogP contribution in [0.4, 0.5) is 0 Å². The predicted octanol–water partition coefficient (Wildman–Crippen LogP) is 2.24. The maximum atomic E-state index is 12.7. The first kappa shape index (κ1) is 16.5. The summed E-state index contributed by atoms with van der Waals surface area (Å²) in [4.78, 5) is 28.9. The standard InChI is InChI=1S/C17H24N2O3S/c1-12-9-19(10-13(2)22-12)16(20)14-3-6-18(7-4-14)17(21)15-5-8-23-11-15/h5,8,11-14H,3-4,6-7,9-10H2,1-2H3/t12-,13+. The number of thiophene rings is 1. The molecule has 0 aliphatic carbocycles. The van der Waals surface area contributed by atoms with Crippen molar-refractivity contribution in [2.45, 2.75) is 38.9 Å². The Morgan fingerprint density at radius 3 is 2.35 bits per heavy atom. The molecule has 5 nitrogen and oxygen atoms in total. The monoisotopic (exact) mass is 336 g/mol. The number of morpholine rings is 1. The number of amides is 2. The van der Waals surface area contributed by atoms with E-state index < -0.39 is 0 Å². The molecule has 126 valence electrons. The van der Waals surface area contributed by atoms with Gasteiger partial charge in [0.1, 0.15) is 0 Å². The molecule has 3 heterocycles. The van der Waals surface area contributed by atoms with Crippen LogP contribution in [0.2, 0.25) is 0 Å². The van der Waals surface area contributed by atoms with Gasteiger partial charge < -0.3 is 14.5 Å². The minimum absolute atomic E-state index is 0.0408. The van der Waals surface area contributed by atoms with E-state index in [2.05, 4.69) is 0 Å². The molecule has 0 bridgehead atoms. The van der Waals surface area contributed by atoms with Crippen LogP contribution in [-0.4, -0.2) is 60.0 Å². The van der Waals surface area contributed by atoms with Crippen LogP contribution in [0, 0.1) is 5.92 Å². The summed E-state index contributed by atoms with van der Waals surface area (Å²) in [6.45, 7) is 6.71. The second-order valence-electron chi connectivity index (χ2n) is 6.58. The molecule has 23 heavy (non-hydrogen) atoms. The summed E-state index contributed by atoms with van der Waals surface area (Å²) in [5.41, 5.74) is 0.760. The molecule has 0 aromatic carbocycles. The number of carbonyl (C=O) groups excluding carboxylic acids is 2. The van der Waals surface area contributed by atoms with Crippen molar-refractivity contribution >= 4 is 23.2 Å². The van der Waals surface area contributed by atoms with E-state index in [9.17, 15) is 9.59 Å². The Labute approximate surface area is 141 Å². The number of likely N-dealkylation sites (tertiary alicyclic amines) is 1. The summed E-state index contributed by atoms with van der Waals surface area (Å²) in [5, 5.41) is 3.81. The minimum atomic E-state index is 0.0408. The van der Waals surface area contributed by atoms with Gasteiger partial charge in [-0.3, -0.25) is 9.59 Å². The lowest BCUT2D eigenvalue weighted by Gasteiger charge is -2.39. The van der Waals surface area contributed by atoms with E-state index in [-0.39, 0.29) is 29.9 Å². The highest BCUT2D eigenvalue weighted by molar-refractivity contribution is 7.08. The molecule has 6 heteroatoms. The van der Waals surface area contributed by atoms with Crippen molar-refractivity contribution in [3.63, 3.8) is 0 Å². The first-order valence-electron chi connectivity index (χ1n) is 8.30. The highest BCUT2D eigenvalue weighted by atomic mass is 32.1. The number of hydrogen-bond acceptors (Lipinski definition) is 4. The third-order valence-corrected chi connectivity index (χ3v) is 5.31. The van der Waals surface area contributed by atoms with Gasteiger partial charge >= 0.3 is 0 Å². The quantitative estimate of drug-likeness (QED) is 0.832. The molecule has 2 saturated heterocycles. The highest BCUT2D eigenvalue weighted by Gasteiger charge is 2.33. The van der Waals surface area contributed by atoms with Gasteiger partial charge in [0.15, 0.2) is 0 Å². The van der Waals surface area contributed by atoms with Crippen LogP contribution in [-0.2, 0) is 9.53 Å². The first-order chi connectivity index (χ1) is 11.0. The SMILES string of the molecule is C[C@@H]1CN(C(=O)C2CCN(C(=O)c3ccsc3)CC2)C[C@H](C)O1. The lowest BCUT2D eigenvalue weighted by molar-refractivity contribution is -0.148. The van der Waals surface area contributed by atoms with Crippen LogP contribution in [0.15, 0.2) is 16.8 Å². The molecule has 2 aliphatic heterocycles. The van der Waals surface area contributed by atoms with Gasteiger partial charge in [-0.05, 0) is 38.1 Å². The van der Waals surface area contributed by atoms with E-state index in [1.165, 1.54) is 11.3 Å². The van der Waals surface area contributed by atoms with Gasteiger partial charge in [-0.2, -0.15) is 11.3 Å². The Hall–Kier alpha value is -1.40. The van der Waals surface area contributed by atoms with Crippen LogP contribution < -0.4 is 0 Å². The zero-order valence-corrected chi connectivity index (χ0v) is 14.6. The molecule has 1 aromatic rings. The minimum Gasteiger partial charge on any atom is -0.372 e. The maximum Gasteiger partial charge on any atom is 0.254 e. The molecule has 3 rings (SSSR count). The fourth-order valence-corrected chi connectivity index (χ4v) is 4.14. The lowest BCUT2D eigenvalue weighted by atomic mass is 9.94. The summed E-state index contributed by atoms with van der Waals surface area (Å²) in [7, 11) is 0. The zero-order chi connectivity index (χ0) is 16.4. The van der Waals surface area contributed by atoms with Crippen molar-refractivity contribution in [3.05, 3.63) is 22.4 Å². The van der Waals surface area contributed by atoms with Gasteiger partial charge in [-0.15, -0.1) is 0 Å². The van der Waals surface area contributed by atoms with E-state index in [1.807, 2.05) is 40.5 Å². The molecular weight excluding hydrogens is 312 g/mol. The van der Waals surface area contributed by atoms with E-state index in [1.54, 1.807) is 0 Å². The predicted molar refractivity (Wildman–Crippen MR) is 89.5 cm³/mol. The number of carbonyl (C=O) groups is 2. The Kier molecular flexibility index (Phi) is 5.02. The normalized spacial score (nSPS) is 26.3. The Bertz CT molecular complexity index is 542. The van der Waals surface area contributed by atoms with Crippen LogP contribution in [0.1, 0.15) is 37.0 Å².